The minimum absolute atomic E-state index is 0.432. The largest absolute Gasteiger partial charge is 0.370 e. The number of hydrogen-bond donors (Lipinski definition) is 2. The van der Waals surface area contributed by atoms with E-state index in [1.54, 1.807) is 0 Å². The molecule has 0 saturated carbocycles. The number of nitrogens with two attached hydrogens (primary N) is 1. The highest BCUT2D eigenvalue weighted by molar-refractivity contribution is 5.36. The van der Waals surface area contributed by atoms with Gasteiger partial charge in [-0.05, 0) is 25.8 Å². The van der Waals surface area contributed by atoms with Gasteiger partial charge in [-0.25, -0.2) is 9.97 Å². The molecule has 0 atom stereocenters. The number of nitrogens with zero attached hydrogens (tertiary/aromatic N) is 2. The van der Waals surface area contributed by atoms with Crippen LogP contribution in [-0.4, -0.2) is 23.1 Å². The molecule has 84 valence electrons. The van der Waals surface area contributed by atoms with E-state index in [1.807, 2.05) is 13.0 Å². The summed E-state index contributed by atoms with van der Waals surface area (Å²) in [4.78, 5) is 8.71. The van der Waals surface area contributed by atoms with Crippen LogP contribution in [0.25, 0.3) is 0 Å². The Balaban J connectivity index is 2.71. The summed E-state index contributed by atoms with van der Waals surface area (Å²) < 4.78 is 0. The van der Waals surface area contributed by atoms with Crippen LogP contribution >= 0.6 is 0 Å². The van der Waals surface area contributed by atoms with Crippen molar-refractivity contribution >= 4 is 5.82 Å². The first-order chi connectivity index (χ1) is 7.13. The normalized spacial score (nSPS) is 10.7. The third-order valence-corrected chi connectivity index (χ3v) is 2.14. The van der Waals surface area contributed by atoms with E-state index in [-0.39, 0.29) is 0 Å². The molecule has 4 heteroatoms. The van der Waals surface area contributed by atoms with Crippen LogP contribution in [0, 0.1) is 6.92 Å². The number of hydrogen-bond acceptors (Lipinski definition) is 4. The minimum atomic E-state index is 0.432. The second-order valence-corrected chi connectivity index (χ2v) is 3.95. The summed E-state index contributed by atoms with van der Waals surface area (Å²) >= 11 is 0. The first-order valence-electron chi connectivity index (χ1n) is 5.43. The van der Waals surface area contributed by atoms with Crippen molar-refractivity contribution < 1.29 is 0 Å². The Kier molecular flexibility index (Phi) is 4.49. The first kappa shape index (κ1) is 11.9. The smallest absolute Gasteiger partial charge is 0.129 e. The molecule has 1 aromatic rings. The third kappa shape index (κ3) is 3.83. The van der Waals surface area contributed by atoms with Crippen molar-refractivity contribution in [2.24, 2.45) is 5.73 Å². The molecule has 1 heterocycles. The minimum Gasteiger partial charge on any atom is -0.370 e. The van der Waals surface area contributed by atoms with Crippen LogP contribution in [0.1, 0.15) is 37.7 Å². The summed E-state index contributed by atoms with van der Waals surface area (Å²) in [6.45, 7) is 7.75. The molecule has 0 radical (unpaired) electrons. The van der Waals surface area contributed by atoms with Gasteiger partial charge in [0.05, 0.1) is 0 Å². The lowest BCUT2D eigenvalue weighted by Crippen LogP contribution is -2.10. The van der Waals surface area contributed by atoms with Gasteiger partial charge in [-0.15, -0.1) is 0 Å². The van der Waals surface area contributed by atoms with Crippen molar-refractivity contribution in [3.05, 3.63) is 17.6 Å². The molecule has 1 rings (SSSR count). The molecule has 0 aliphatic rings. The second kappa shape index (κ2) is 5.66. The highest BCUT2D eigenvalue weighted by Crippen LogP contribution is 2.15. The summed E-state index contributed by atoms with van der Waals surface area (Å²) in [6.07, 6.45) is 0.958. The molecule has 15 heavy (non-hydrogen) atoms. The highest BCUT2D eigenvalue weighted by atomic mass is 15.0. The van der Waals surface area contributed by atoms with Crippen LogP contribution in [0.15, 0.2) is 6.07 Å². The van der Waals surface area contributed by atoms with Crippen molar-refractivity contribution in [2.45, 2.75) is 33.1 Å². The van der Waals surface area contributed by atoms with Crippen molar-refractivity contribution in [1.29, 1.82) is 0 Å². The molecule has 0 aliphatic carbocycles. The summed E-state index contributed by atoms with van der Waals surface area (Å²) in [7, 11) is 0. The summed E-state index contributed by atoms with van der Waals surface area (Å²) in [5.74, 6) is 2.15. The Morgan fingerprint density at radius 1 is 1.40 bits per heavy atom. The van der Waals surface area contributed by atoms with E-state index < -0.39 is 0 Å². The predicted molar refractivity (Wildman–Crippen MR) is 63.0 cm³/mol. The molecule has 4 nitrogen and oxygen atoms in total. The fourth-order valence-corrected chi connectivity index (χ4v) is 1.30. The average molecular weight is 208 g/mol. The van der Waals surface area contributed by atoms with E-state index in [9.17, 15) is 0 Å². The fourth-order valence-electron chi connectivity index (χ4n) is 1.30. The number of anilines is 1. The van der Waals surface area contributed by atoms with Gasteiger partial charge in [0.2, 0.25) is 0 Å². The molecule has 1 aromatic heterocycles. The van der Waals surface area contributed by atoms with Crippen LogP contribution in [0.4, 0.5) is 5.82 Å². The van der Waals surface area contributed by atoms with Crippen LogP contribution in [0.5, 0.6) is 0 Å². The lowest BCUT2D eigenvalue weighted by molar-refractivity contribution is 0.798. The number of aromatic nitrogens is 2. The molecule has 0 unspecified atom stereocenters. The molecule has 0 spiro atoms. The number of rotatable bonds is 5. The monoisotopic (exact) mass is 208 g/mol. The van der Waals surface area contributed by atoms with E-state index in [2.05, 4.69) is 29.1 Å². The Hall–Kier alpha value is -1.16. The van der Waals surface area contributed by atoms with Crippen LogP contribution < -0.4 is 11.1 Å². The Morgan fingerprint density at radius 2 is 2.13 bits per heavy atom. The molecule has 0 bridgehead atoms. The zero-order valence-corrected chi connectivity index (χ0v) is 9.75. The molecule has 0 aliphatic heterocycles. The third-order valence-electron chi connectivity index (χ3n) is 2.14. The molecular weight excluding hydrogens is 188 g/mol. The van der Waals surface area contributed by atoms with Gasteiger partial charge in [-0.1, -0.05) is 13.8 Å². The van der Waals surface area contributed by atoms with Crippen molar-refractivity contribution in [1.82, 2.24) is 9.97 Å². The van der Waals surface area contributed by atoms with E-state index in [4.69, 9.17) is 5.73 Å². The Labute approximate surface area is 91.3 Å². The first-order valence-corrected chi connectivity index (χ1v) is 5.43. The van der Waals surface area contributed by atoms with Crippen LogP contribution in [0.3, 0.4) is 0 Å². The van der Waals surface area contributed by atoms with Crippen molar-refractivity contribution in [3.8, 4) is 0 Å². The summed E-state index contributed by atoms with van der Waals surface area (Å²) in [5.41, 5.74) is 6.51. The highest BCUT2D eigenvalue weighted by Gasteiger charge is 2.04. The topological polar surface area (TPSA) is 63.8 Å². The maximum Gasteiger partial charge on any atom is 0.129 e. The lowest BCUT2D eigenvalue weighted by Gasteiger charge is -2.09. The van der Waals surface area contributed by atoms with E-state index in [0.29, 0.717) is 12.5 Å². The molecule has 0 amide bonds. The SMILES string of the molecule is Cc1nc(NCCCN)cc(C(C)C)n1. The van der Waals surface area contributed by atoms with Gasteiger partial charge in [-0.2, -0.15) is 0 Å². The molecule has 3 N–H and O–H groups in total. The maximum absolute atomic E-state index is 5.43. The van der Waals surface area contributed by atoms with Gasteiger partial charge < -0.3 is 11.1 Å². The summed E-state index contributed by atoms with van der Waals surface area (Å²) in [6, 6.07) is 2.01. The Bertz CT molecular complexity index is 309. The maximum atomic E-state index is 5.43. The van der Waals surface area contributed by atoms with Gasteiger partial charge in [0.25, 0.3) is 0 Å². The zero-order valence-electron chi connectivity index (χ0n) is 9.75. The van der Waals surface area contributed by atoms with Crippen molar-refractivity contribution in [3.63, 3.8) is 0 Å². The standard InChI is InChI=1S/C11H20N4/c1-8(2)10-7-11(13-6-4-5-12)15-9(3)14-10/h7-8H,4-6,12H2,1-3H3,(H,13,14,15). The van der Waals surface area contributed by atoms with Gasteiger partial charge >= 0.3 is 0 Å². The molecular formula is C11H20N4. The quantitative estimate of drug-likeness (QED) is 0.722. The number of aryl methyl sites for hydroxylation is 1. The fraction of sp³-hybridized carbons (Fsp3) is 0.636. The van der Waals surface area contributed by atoms with Crippen LogP contribution in [-0.2, 0) is 0 Å². The van der Waals surface area contributed by atoms with Gasteiger partial charge in [0, 0.05) is 18.3 Å². The van der Waals surface area contributed by atoms with E-state index in [1.165, 1.54) is 0 Å². The number of nitrogens with one attached hydrogen (secondary N) is 1. The predicted octanol–water partition coefficient (Wildman–Crippen LogP) is 1.67. The van der Waals surface area contributed by atoms with Crippen LogP contribution in [0.2, 0.25) is 0 Å². The van der Waals surface area contributed by atoms with Gasteiger partial charge in [0.1, 0.15) is 11.6 Å². The van der Waals surface area contributed by atoms with Gasteiger partial charge in [0.15, 0.2) is 0 Å². The van der Waals surface area contributed by atoms with E-state index in [0.717, 1.165) is 30.3 Å². The van der Waals surface area contributed by atoms with Crippen molar-refractivity contribution in [2.75, 3.05) is 18.4 Å². The molecule has 0 saturated heterocycles. The van der Waals surface area contributed by atoms with E-state index >= 15 is 0 Å². The molecule has 0 aromatic carbocycles. The second-order valence-electron chi connectivity index (χ2n) is 3.95. The summed E-state index contributed by atoms with van der Waals surface area (Å²) in [5, 5.41) is 3.25. The average Bonchev–Trinajstić information content (AvgIpc) is 2.17. The van der Waals surface area contributed by atoms with Gasteiger partial charge in [-0.3, -0.25) is 0 Å². The lowest BCUT2D eigenvalue weighted by atomic mass is 10.1. The zero-order chi connectivity index (χ0) is 11.3. The Morgan fingerprint density at radius 3 is 2.73 bits per heavy atom. The molecule has 0 fully saturated rings.